The average molecular weight is 412 g/mol. The van der Waals surface area contributed by atoms with Crippen molar-refractivity contribution in [1.29, 1.82) is 0 Å². The molecule has 1 radical (unpaired) electrons. The predicted molar refractivity (Wildman–Crippen MR) is 120 cm³/mol. The summed E-state index contributed by atoms with van der Waals surface area (Å²) in [6, 6.07) is 17.5. The van der Waals surface area contributed by atoms with Crippen LogP contribution in [0.3, 0.4) is 0 Å². The Bertz CT molecular complexity index is 800. The monoisotopic (exact) mass is 411 g/mol. The van der Waals surface area contributed by atoms with Crippen LogP contribution in [0.15, 0.2) is 42.5 Å². The van der Waals surface area contributed by atoms with Gasteiger partial charge in [-0.15, -0.1) is 0 Å². The zero-order chi connectivity index (χ0) is 20.3. The molecule has 1 aliphatic heterocycles. The minimum atomic E-state index is -0.784. The van der Waals surface area contributed by atoms with E-state index in [1.165, 1.54) is 87.2 Å². The summed E-state index contributed by atoms with van der Waals surface area (Å²) in [5.74, 6) is -0.738. The molecule has 2 aliphatic rings. The Labute approximate surface area is 176 Å². The third-order valence-corrected chi connectivity index (χ3v) is 10.7. The van der Waals surface area contributed by atoms with Gasteiger partial charge in [-0.2, -0.15) is 0 Å². The normalized spacial score (nSPS) is 20.7. The van der Waals surface area contributed by atoms with Crippen molar-refractivity contribution < 1.29 is 8.78 Å². The maximum Gasteiger partial charge on any atom is 0.159 e. The molecule has 2 aromatic rings. The minimum absolute atomic E-state index is 0.0931. The third kappa shape index (κ3) is 4.35. The van der Waals surface area contributed by atoms with Crippen LogP contribution in [-0.4, -0.2) is 8.80 Å². The third-order valence-electron chi connectivity index (χ3n) is 7.54. The van der Waals surface area contributed by atoms with Gasteiger partial charge < -0.3 is 0 Å². The lowest BCUT2D eigenvalue weighted by atomic mass is 9.60. The smallest absolute Gasteiger partial charge is 0.159 e. The summed E-state index contributed by atoms with van der Waals surface area (Å²) in [7, 11) is -0.0931. The average Bonchev–Trinajstić information content (AvgIpc) is 2.77. The Kier molecular flexibility index (Phi) is 6.53. The number of benzene rings is 2. The number of halogens is 2. The molecule has 155 valence electrons. The van der Waals surface area contributed by atoms with Crippen molar-refractivity contribution in [3.63, 3.8) is 0 Å². The molecular weight excluding hydrogens is 378 g/mol. The van der Waals surface area contributed by atoms with Gasteiger partial charge in [-0.05, 0) is 53.0 Å². The van der Waals surface area contributed by atoms with E-state index in [1.807, 2.05) is 0 Å². The summed E-state index contributed by atoms with van der Waals surface area (Å²) >= 11 is 0. The van der Waals surface area contributed by atoms with E-state index in [9.17, 15) is 8.78 Å². The van der Waals surface area contributed by atoms with Gasteiger partial charge in [-0.3, -0.25) is 0 Å². The van der Waals surface area contributed by atoms with E-state index >= 15 is 0 Å². The van der Waals surface area contributed by atoms with Gasteiger partial charge in [0, 0.05) is 8.80 Å². The van der Waals surface area contributed by atoms with Crippen LogP contribution < -0.4 is 0 Å². The molecule has 1 heterocycles. The molecule has 0 nitrogen and oxygen atoms in total. The molecule has 4 rings (SSSR count). The molecule has 3 heteroatoms. The van der Waals surface area contributed by atoms with E-state index < -0.39 is 11.6 Å². The molecule has 0 atom stereocenters. The first-order valence-corrected chi connectivity index (χ1v) is 13.6. The van der Waals surface area contributed by atoms with Gasteiger partial charge in [0.2, 0.25) is 0 Å². The van der Waals surface area contributed by atoms with Crippen LogP contribution in [0.25, 0.3) is 11.1 Å². The van der Waals surface area contributed by atoms with Crippen molar-refractivity contribution in [3.8, 4) is 11.1 Å². The second-order valence-corrected chi connectivity index (χ2v) is 12.2. The van der Waals surface area contributed by atoms with E-state index in [4.69, 9.17) is 0 Å². The van der Waals surface area contributed by atoms with Crippen LogP contribution >= 0.6 is 0 Å². The number of hydrogen-bond acceptors (Lipinski definition) is 0. The van der Waals surface area contributed by atoms with E-state index in [1.54, 1.807) is 6.07 Å². The van der Waals surface area contributed by atoms with Gasteiger partial charge in [-0.25, -0.2) is 8.78 Å². The Balaban J connectivity index is 1.58. The summed E-state index contributed by atoms with van der Waals surface area (Å²) in [5.41, 5.74) is 3.54. The molecule has 1 saturated heterocycles. The Morgan fingerprint density at radius 1 is 0.862 bits per heavy atom. The second-order valence-electron chi connectivity index (χ2n) is 9.20. The van der Waals surface area contributed by atoms with Gasteiger partial charge in [0.15, 0.2) is 11.6 Å². The summed E-state index contributed by atoms with van der Waals surface area (Å²) in [6.07, 6.45) is 10.9. The molecule has 2 aromatic carbocycles. The highest BCUT2D eigenvalue weighted by molar-refractivity contribution is 6.58. The van der Waals surface area contributed by atoms with Crippen molar-refractivity contribution in [3.05, 3.63) is 59.7 Å². The highest BCUT2D eigenvalue weighted by Crippen LogP contribution is 2.50. The lowest BCUT2D eigenvalue weighted by Crippen LogP contribution is -2.40. The van der Waals surface area contributed by atoms with E-state index in [-0.39, 0.29) is 8.80 Å². The van der Waals surface area contributed by atoms with Gasteiger partial charge in [0.05, 0.1) is 0 Å². The molecule has 29 heavy (non-hydrogen) atoms. The summed E-state index contributed by atoms with van der Waals surface area (Å²) in [5, 5.41) is 0. The fraction of sp³-hybridized carbons (Fsp3) is 0.538. The zero-order valence-corrected chi connectivity index (χ0v) is 18.7. The fourth-order valence-electron chi connectivity index (χ4n) is 5.97. The molecule has 1 aliphatic carbocycles. The Morgan fingerprint density at radius 3 is 2.14 bits per heavy atom. The van der Waals surface area contributed by atoms with Crippen LogP contribution in [0.2, 0.25) is 18.1 Å². The zero-order valence-electron chi connectivity index (χ0n) is 17.7. The topological polar surface area (TPSA) is 0 Å². The van der Waals surface area contributed by atoms with Crippen molar-refractivity contribution in [2.75, 3.05) is 0 Å². The van der Waals surface area contributed by atoms with E-state index in [2.05, 4.69) is 31.2 Å². The largest absolute Gasteiger partial charge is 0.204 e. The second kappa shape index (κ2) is 9.12. The summed E-state index contributed by atoms with van der Waals surface area (Å²) < 4.78 is 26.9. The van der Waals surface area contributed by atoms with Crippen LogP contribution in [0.1, 0.15) is 63.9 Å². The van der Waals surface area contributed by atoms with Crippen LogP contribution in [-0.2, 0) is 5.41 Å². The Hall–Kier alpha value is -1.48. The highest BCUT2D eigenvalue weighted by Gasteiger charge is 2.42. The lowest BCUT2D eigenvalue weighted by Gasteiger charge is -2.47. The van der Waals surface area contributed by atoms with Crippen LogP contribution in [0.4, 0.5) is 8.78 Å². The number of rotatable bonds is 5. The van der Waals surface area contributed by atoms with Crippen molar-refractivity contribution in [2.24, 2.45) is 5.92 Å². The molecule has 1 saturated carbocycles. The first-order chi connectivity index (χ1) is 14.1. The SMILES string of the molecule is CCC[Si]1CCC(C2(c3ccc(-c4ccc(F)c(F)c4)cc3)CCCCC2)CC1. The van der Waals surface area contributed by atoms with Gasteiger partial charge >= 0.3 is 0 Å². The fourth-order valence-corrected chi connectivity index (χ4v) is 8.94. The molecular formula is C26H33F2Si. The van der Waals surface area contributed by atoms with Crippen LogP contribution in [0.5, 0.6) is 0 Å². The lowest BCUT2D eigenvalue weighted by molar-refractivity contribution is 0.174. The molecule has 0 aromatic heterocycles. The van der Waals surface area contributed by atoms with Gasteiger partial charge in [0.25, 0.3) is 0 Å². The molecule has 0 amide bonds. The first-order valence-electron chi connectivity index (χ1n) is 11.5. The van der Waals surface area contributed by atoms with Crippen molar-refractivity contribution in [2.45, 2.75) is 81.8 Å². The first kappa shape index (κ1) is 20.8. The standard InChI is InChI=1S/C26H33F2Si/c1-2-16-29-17-12-23(13-18-29)26(14-4-3-5-15-26)22-9-6-20(7-10-22)21-8-11-24(27)25(28)19-21/h6-11,19,23H,2-5,12-18H2,1H3. The van der Waals surface area contributed by atoms with Gasteiger partial charge in [-0.1, -0.05) is 93.9 Å². The molecule has 2 fully saturated rings. The maximum atomic E-state index is 13.7. The summed E-state index contributed by atoms with van der Waals surface area (Å²) in [6.45, 7) is 2.33. The molecule has 0 bridgehead atoms. The number of hydrogen-bond donors (Lipinski definition) is 0. The molecule has 0 spiro atoms. The summed E-state index contributed by atoms with van der Waals surface area (Å²) in [4.78, 5) is 0. The van der Waals surface area contributed by atoms with E-state index in [0.717, 1.165) is 17.0 Å². The molecule has 0 N–H and O–H groups in total. The van der Waals surface area contributed by atoms with Gasteiger partial charge in [0.1, 0.15) is 0 Å². The highest BCUT2D eigenvalue weighted by atomic mass is 28.3. The minimum Gasteiger partial charge on any atom is -0.204 e. The molecule has 0 unspecified atom stereocenters. The maximum absolute atomic E-state index is 13.7. The van der Waals surface area contributed by atoms with Crippen molar-refractivity contribution >= 4 is 8.80 Å². The quantitative estimate of drug-likeness (QED) is 0.435. The Morgan fingerprint density at radius 2 is 1.52 bits per heavy atom. The van der Waals surface area contributed by atoms with E-state index in [0.29, 0.717) is 5.41 Å². The van der Waals surface area contributed by atoms with Crippen LogP contribution in [0, 0.1) is 17.6 Å². The van der Waals surface area contributed by atoms with Crippen molar-refractivity contribution in [1.82, 2.24) is 0 Å². The predicted octanol–water partition coefficient (Wildman–Crippen LogP) is 8.15.